The van der Waals surface area contributed by atoms with Crippen molar-refractivity contribution in [3.05, 3.63) is 11.4 Å². The average Bonchev–Trinajstić information content (AvgIpc) is 1.59. The molecule has 1 aliphatic rings. The van der Waals surface area contributed by atoms with Gasteiger partial charge in [0, 0.05) is 0 Å². The van der Waals surface area contributed by atoms with Crippen molar-refractivity contribution in [2.75, 3.05) is 0 Å². The van der Waals surface area contributed by atoms with Gasteiger partial charge in [-0.3, -0.25) is 5.21 Å². The molecule has 52 valence electrons. The number of hydrazine groups is 1. The normalized spacial score (nSPS) is 16.5. The fraction of sp³-hybridized carbons (Fsp3) is 0. The van der Waals surface area contributed by atoms with Crippen LogP contribution in [0.5, 0.6) is 0 Å². The summed E-state index contributed by atoms with van der Waals surface area (Å²) in [4.78, 5) is 3.53. The molecule has 0 amide bonds. The molecule has 0 aromatic heterocycles. The summed E-state index contributed by atoms with van der Waals surface area (Å²) in [6.07, 6.45) is 1.17. The molecule has 0 aromatic rings. The summed E-state index contributed by atoms with van der Waals surface area (Å²) in [5, 5.41) is 9.43. The Labute approximate surface area is 89.7 Å². The van der Waals surface area contributed by atoms with E-state index in [2.05, 4.69) is 10.4 Å². The van der Waals surface area contributed by atoms with Crippen LogP contribution in [0.25, 0.3) is 0 Å². The van der Waals surface area contributed by atoms with Gasteiger partial charge in [0.15, 0.2) is 5.16 Å². The van der Waals surface area contributed by atoms with Gasteiger partial charge in [-0.25, -0.2) is 10.4 Å². The molecule has 0 bridgehead atoms. The van der Waals surface area contributed by atoms with E-state index in [0.29, 0.717) is 5.17 Å². The number of aliphatic imine (C=N–C) groups is 1. The molecule has 0 radical (unpaired) electrons. The Morgan fingerprint density at radius 2 is 2.20 bits per heavy atom. The molecule has 2 N–H and O–H groups in total. The van der Waals surface area contributed by atoms with Crippen molar-refractivity contribution in [3.8, 4) is 0 Å². The van der Waals surface area contributed by atoms with Gasteiger partial charge in [-0.15, -0.1) is 0 Å². The van der Waals surface area contributed by atoms with Crippen molar-refractivity contribution >= 4 is 58.1 Å². The fourth-order valence-electron chi connectivity index (χ4n) is 0.375. The maximum atomic E-state index is 8.65. The molecule has 0 saturated heterocycles. The molecule has 0 fully saturated rings. The summed E-state index contributed by atoms with van der Waals surface area (Å²) in [6.45, 7) is 0. The monoisotopic (exact) mass is 191 g/mol. The van der Waals surface area contributed by atoms with E-state index in [4.69, 9.17) is 28.4 Å². The number of nitrogens with zero attached hydrogens (tertiary/aromatic N) is 2. The summed E-state index contributed by atoms with van der Waals surface area (Å²) in [5.41, 5.74) is 2.25. The minimum absolute atomic E-state index is 0. The van der Waals surface area contributed by atoms with Crippen LogP contribution in [0.2, 0.25) is 0 Å². The first kappa shape index (κ1) is 10.6. The molecule has 1 heterocycles. The number of rotatable bonds is 0. The Bertz CT molecular complexity index is 183. The Balaban J connectivity index is 0.000000810. The minimum atomic E-state index is 0. The molecule has 0 atom stereocenters. The summed E-state index contributed by atoms with van der Waals surface area (Å²) in [6, 6.07) is 0. The molecule has 7 heteroatoms. The van der Waals surface area contributed by atoms with Gasteiger partial charge in [0.25, 0.3) is 0 Å². The Morgan fingerprint density at radius 1 is 1.60 bits per heavy atom. The van der Waals surface area contributed by atoms with Gasteiger partial charge in [-0.2, -0.15) is 5.17 Å². The van der Waals surface area contributed by atoms with Crippen LogP contribution in [-0.4, -0.2) is 45.2 Å². The molecule has 0 spiro atoms. The average molecular weight is 192 g/mol. The number of halogens is 2. The van der Waals surface area contributed by atoms with E-state index in [-0.39, 0.29) is 40.0 Å². The van der Waals surface area contributed by atoms with E-state index >= 15 is 0 Å². The number of hydroxylamine groups is 1. The third-order valence-electron chi connectivity index (χ3n) is 0.641. The zero-order chi connectivity index (χ0) is 6.85. The number of hydrogen-bond acceptors (Lipinski definition) is 4. The van der Waals surface area contributed by atoms with Gasteiger partial charge in [0.2, 0.25) is 5.29 Å². The number of nitrogens with one attached hydrogen (secondary N) is 1. The van der Waals surface area contributed by atoms with Crippen LogP contribution in [0.3, 0.4) is 0 Å². The molecule has 0 saturated carbocycles. The van der Waals surface area contributed by atoms with Crippen LogP contribution in [0.4, 0.5) is 0 Å². The molecular formula is C3H4Cl2N3NaO. The zero-order valence-electron chi connectivity index (χ0n) is 4.17. The molecule has 0 aliphatic carbocycles. The van der Waals surface area contributed by atoms with Crippen molar-refractivity contribution in [2.45, 2.75) is 0 Å². The van der Waals surface area contributed by atoms with E-state index in [1.807, 2.05) is 0 Å². The summed E-state index contributed by atoms with van der Waals surface area (Å²) in [7, 11) is 0. The third-order valence-corrected chi connectivity index (χ3v) is 0.992. The first-order valence-corrected chi connectivity index (χ1v) is 2.80. The summed E-state index contributed by atoms with van der Waals surface area (Å²) >= 11 is 10.7. The molecular weight excluding hydrogens is 188 g/mol. The van der Waals surface area contributed by atoms with Gasteiger partial charge in [-0.05, 0) is 11.6 Å². The second-order valence-corrected chi connectivity index (χ2v) is 2.06. The van der Waals surface area contributed by atoms with E-state index in [1.165, 1.54) is 6.20 Å². The number of hydrogen-bond donors (Lipinski definition) is 2. The molecule has 10 heavy (non-hydrogen) atoms. The van der Waals surface area contributed by atoms with E-state index in [0.717, 1.165) is 0 Å². The van der Waals surface area contributed by atoms with Crippen molar-refractivity contribution < 1.29 is 5.21 Å². The first-order chi connectivity index (χ1) is 4.18. The molecule has 1 aliphatic heterocycles. The van der Waals surface area contributed by atoms with Gasteiger partial charge < -0.3 is 0 Å². The quantitative estimate of drug-likeness (QED) is 0.425. The first-order valence-electron chi connectivity index (χ1n) is 2.05. The fourth-order valence-corrected chi connectivity index (χ4v) is 0.773. The van der Waals surface area contributed by atoms with E-state index in [9.17, 15) is 0 Å². The van der Waals surface area contributed by atoms with Crippen molar-refractivity contribution in [1.29, 1.82) is 0 Å². The van der Waals surface area contributed by atoms with Gasteiger partial charge in [0.05, 0.1) is 6.20 Å². The summed E-state index contributed by atoms with van der Waals surface area (Å²) in [5.74, 6) is 0. The van der Waals surface area contributed by atoms with Crippen LogP contribution < -0.4 is 5.43 Å². The predicted octanol–water partition coefficient (Wildman–Crippen LogP) is 0.180. The third kappa shape index (κ3) is 3.09. The SMILES string of the molecule is ON1C=C(Cl)N=C(Cl)N1.[NaH]. The Kier molecular flexibility index (Phi) is 4.68. The molecule has 0 aromatic carbocycles. The molecule has 0 unspecified atom stereocenters. The summed E-state index contributed by atoms with van der Waals surface area (Å²) < 4.78 is 0. The van der Waals surface area contributed by atoms with Gasteiger partial charge in [-0.1, -0.05) is 11.6 Å². The number of amidine groups is 1. The molecule has 1 rings (SSSR count). The van der Waals surface area contributed by atoms with Crippen LogP contribution in [0.1, 0.15) is 0 Å². The van der Waals surface area contributed by atoms with E-state index in [1.54, 1.807) is 0 Å². The second kappa shape index (κ2) is 4.43. The van der Waals surface area contributed by atoms with Crippen molar-refractivity contribution in [1.82, 2.24) is 10.6 Å². The van der Waals surface area contributed by atoms with Crippen LogP contribution >= 0.6 is 23.2 Å². The van der Waals surface area contributed by atoms with Crippen molar-refractivity contribution in [2.24, 2.45) is 4.99 Å². The van der Waals surface area contributed by atoms with Crippen molar-refractivity contribution in [3.63, 3.8) is 0 Å². The molecule has 4 nitrogen and oxygen atoms in total. The Morgan fingerprint density at radius 3 is 2.60 bits per heavy atom. The maximum absolute atomic E-state index is 8.65. The standard InChI is InChI=1S/C3H3Cl2N3O.Na.H/c4-2-1-8(9)7-3(5)6-2;;/h1,9H,(H,6,7);;. The topological polar surface area (TPSA) is 47.9 Å². The van der Waals surface area contributed by atoms with Crippen LogP contribution in [0, 0.1) is 0 Å². The predicted molar refractivity (Wildman–Crippen MR) is 41.1 cm³/mol. The second-order valence-electron chi connectivity index (χ2n) is 1.31. The van der Waals surface area contributed by atoms with Crippen LogP contribution in [-0.2, 0) is 0 Å². The Hall–Kier alpha value is 0.550. The van der Waals surface area contributed by atoms with E-state index < -0.39 is 0 Å². The van der Waals surface area contributed by atoms with Crippen LogP contribution in [0.15, 0.2) is 16.3 Å². The van der Waals surface area contributed by atoms with Gasteiger partial charge >= 0.3 is 29.6 Å². The zero-order valence-corrected chi connectivity index (χ0v) is 5.69. The van der Waals surface area contributed by atoms with Gasteiger partial charge in [0.1, 0.15) is 0 Å².